The van der Waals surface area contributed by atoms with Crippen LogP contribution in [-0.4, -0.2) is 58.2 Å². The second-order valence-electron chi connectivity index (χ2n) is 7.65. The maximum atomic E-state index is 14.8. The first-order valence-corrected chi connectivity index (χ1v) is 10.8. The molecule has 1 saturated heterocycles. The van der Waals surface area contributed by atoms with E-state index >= 15 is 0 Å². The van der Waals surface area contributed by atoms with Crippen molar-refractivity contribution in [2.24, 2.45) is 5.73 Å². The van der Waals surface area contributed by atoms with Crippen molar-refractivity contribution in [2.45, 2.75) is 44.1 Å². The minimum absolute atomic E-state index is 0.0131. The summed E-state index contributed by atoms with van der Waals surface area (Å²) < 4.78 is 26.6. The first-order valence-electron chi connectivity index (χ1n) is 10.0. The van der Waals surface area contributed by atoms with Crippen LogP contribution in [-0.2, 0) is 11.2 Å². The van der Waals surface area contributed by atoms with Crippen molar-refractivity contribution in [3.63, 3.8) is 0 Å². The van der Waals surface area contributed by atoms with Crippen LogP contribution < -0.4 is 15.2 Å². The zero-order valence-electron chi connectivity index (χ0n) is 16.7. The molecule has 4 rings (SSSR count). The molecule has 1 saturated carbocycles. The van der Waals surface area contributed by atoms with E-state index in [0.717, 1.165) is 12.8 Å². The van der Waals surface area contributed by atoms with Crippen LogP contribution in [0.1, 0.15) is 35.3 Å². The van der Waals surface area contributed by atoms with Crippen LogP contribution in [0.5, 0.6) is 11.6 Å². The van der Waals surface area contributed by atoms with Crippen molar-refractivity contribution >= 4 is 27.7 Å². The number of likely N-dealkylation sites (tertiary alicyclic amines) is 1. The Morgan fingerprint density at radius 2 is 2.00 bits per heavy atom. The zero-order chi connectivity index (χ0) is 22.0. The highest BCUT2D eigenvalue weighted by Crippen LogP contribution is 2.27. The fourth-order valence-electron chi connectivity index (χ4n) is 3.31. The van der Waals surface area contributed by atoms with Crippen LogP contribution in [0.25, 0.3) is 0 Å². The Labute approximate surface area is 187 Å². The number of primary amides is 1. The number of nitrogens with two attached hydrogens (primary N) is 1. The smallest absolute Gasteiger partial charge is 0.254 e. The molecule has 2 N–H and O–H groups in total. The molecule has 1 aliphatic heterocycles. The molecule has 1 unspecified atom stereocenters. The van der Waals surface area contributed by atoms with Crippen molar-refractivity contribution in [3.05, 3.63) is 46.3 Å². The normalized spacial score (nSPS) is 20.9. The number of carbonyl (C=O) groups is 2. The minimum Gasteiger partial charge on any atom is -0.489 e. The molecule has 2 aromatic heterocycles. The molecule has 2 atom stereocenters. The van der Waals surface area contributed by atoms with Gasteiger partial charge < -0.3 is 20.1 Å². The number of pyridine rings is 2. The van der Waals surface area contributed by atoms with E-state index in [4.69, 9.17) is 15.2 Å². The topological polar surface area (TPSA) is 108 Å². The van der Waals surface area contributed by atoms with Crippen molar-refractivity contribution in [1.29, 1.82) is 0 Å². The second kappa shape index (κ2) is 9.17. The summed E-state index contributed by atoms with van der Waals surface area (Å²) in [6, 6.07) is 5.03. The van der Waals surface area contributed by atoms with Crippen molar-refractivity contribution in [1.82, 2.24) is 14.9 Å². The lowest BCUT2D eigenvalue weighted by molar-refractivity contribution is -0.134. The Balaban J connectivity index is 1.32. The number of hydrogen-bond donors (Lipinski definition) is 1. The van der Waals surface area contributed by atoms with Gasteiger partial charge in [0.05, 0.1) is 25.3 Å². The van der Waals surface area contributed by atoms with E-state index in [9.17, 15) is 14.0 Å². The summed E-state index contributed by atoms with van der Waals surface area (Å²) in [5.74, 6) is -0.241. The number of halogens is 2. The second-order valence-corrected chi connectivity index (χ2v) is 8.57. The molecule has 1 aliphatic carbocycles. The average Bonchev–Trinajstić information content (AvgIpc) is 3.56. The zero-order valence-corrected chi connectivity index (χ0v) is 18.3. The predicted octanol–water partition coefficient (Wildman–Crippen LogP) is 2.44. The van der Waals surface area contributed by atoms with Crippen LogP contribution in [0.4, 0.5) is 4.39 Å². The van der Waals surface area contributed by atoms with Crippen molar-refractivity contribution in [3.8, 4) is 11.6 Å². The number of hydrogen-bond acceptors (Lipinski definition) is 6. The molecule has 0 spiro atoms. The monoisotopic (exact) mass is 492 g/mol. The van der Waals surface area contributed by atoms with Gasteiger partial charge in [-0.1, -0.05) is 0 Å². The Morgan fingerprint density at radius 1 is 1.19 bits per heavy atom. The summed E-state index contributed by atoms with van der Waals surface area (Å²) in [6.07, 6.45) is 3.57. The van der Waals surface area contributed by atoms with E-state index in [-0.39, 0.29) is 42.8 Å². The third-order valence-electron chi connectivity index (χ3n) is 5.14. The molecule has 0 radical (unpaired) electrons. The SMILES string of the molecule is NC(=O)c1cc(Br)cnc1O[C@H]1CCN(C(=O)Cc2ccc(OC3CC3)cn2)CC1F. The van der Waals surface area contributed by atoms with Crippen molar-refractivity contribution < 1.29 is 23.5 Å². The van der Waals surface area contributed by atoms with E-state index in [2.05, 4.69) is 25.9 Å². The molecule has 2 aromatic rings. The quantitative estimate of drug-likeness (QED) is 0.635. The van der Waals surface area contributed by atoms with E-state index in [1.54, 1.807) is 18.3 Å². The average molecular weight is 493 g/mol. The van der Waals surface area contributed by atoms with Crippen LogP contribution in [0.2, 0.25) is 0 Å². The minimum atomic E-state index is -1.42. The summed E-state index contributed by atoms with van der Waals surface area (Å²) >= 11 is 3.21. The van der Waals surface area contributed by atoms with Gasteiger partial charge in [0, 0.05) is 29.3 Å². The number of rotatable bonds is 7. The molecular formula is C21H22BrFN4O4. The highest BCUT2D eigenvalue weighted by molar-refractivity contribution is 9.10. The van der Waals surface area contributed by atoms with Gasteiger partial charge in [-0.05, 0) is 47.0 Å². The number of alkyl halides is 1. The lowest BCUT2D eigenvalue weighted by atomic mass is 10.0. The van der Waals surface area contributed by atoms with Gasteiger partial charge in [0.1, 0.15) is 17.4 Å². The summed E-state index contributed by atoms with van der Waals surface area (Å²) in [5.41, 5.74) is 6.03. The molecule has 2 fully saturated rings. The molecule has 0 bridgehead atoms. The van der Waals surface area contributed by atoms with Gasteiger partial charge in [0.15, 0.2) is 6.17 Å². The first-order chi connectivity index (χ1) is 14.9. The lowest BCUT2D eigenvalue weighted by Crippen LogP contribution is -2.49. The van der Waals surface area contributed by atoms with Gasteiger partial charge in [0.2, 0.25) is 11.8 Å². The van der Waals surface area contributed by atoms with Crippen LogP contribution >= 0.6 is 15.9 Å². The van der Waals surface area contributed by atoms with E-state index in [1.165, 1.54) is 17.2 Å². The van der Waals surface area contributed by atoms with Crippen LogP contribution in [0.3, 0.4) is 0 Å². The molecule has 31 heavy (non-hydrogen) atoms. The Hall–Kier alpha value is -2.75. The molecule has 10 heteroatoms. The molecule has 2 aliphatic rings. The third kappa shape index (κ3) is 5.49. The fourth-order valence-corrected chi connectivity index (χ4v) is 3.64. The molecule has 3 heterocycles. The number of piperidine rings is 1. The van der Waals surface area contributed by atoms with Crippen molar-refractivity contribution in [2.75, 3.05) is 13.1 Å². The molecule has 164 valence electrons. The molecule has 0 aromatic carbocycles. The van der Waals surface area contributed by atoms with E-state index in [1.807, 2.05) is 0 Å². The first kappa shape index (κ1) is 21.5. The van der Waals surface area contributed by atoms with Gasteiger partial charge >= 0.3 is 0 Å². The summed E-state index contributed by atoms with van der Waals surface area (Å²) in [6.45, 7) is 0.226. The number of amides is 2. The van der Waals surface area contributed by atoms with Crippen LogP contribution in [0.15, 0.2) is 35.1 Å². The largest absolute Gasteiger partial charge is 0.489 e. The maximum absolute atomic E-state index is 14.8. The molecular weight excluding hydrogens is 471 g/mol. The van der Waals surface area contributed by atoms with Gasteiger partial charge in [-0.3, -0.25) is 14.6 Å². The third-order valence-corrected chi connectivity index (χ3v) is 5.57. The van der Waals surface area contributed by atoms with Gasteiger partial charge in [-0.15, -0.1) is 0 Å². The van der Waals surface area contributed by atoms with E-state index in [0.29, 0.717) is 22.5 Å². The summed E-state index contributed by atoms with van der Waals surface area (Å²) in [4.78, 5) is 34.0. The van der Waals surface area contributed by atoms with Crippen LogP contribution in [0, 0.1) is 0 Å². The highest BCUT2D eigenvalue weighted by atomic mass is 79.9. The number of nitrogens with zero attached hydrogens (tertiary/aromatic N) is 3. The Morgan fingerprint density at radius 3 is 2.65 bits per heavy atom. The van der Waals surface area contributed by atoms with Gasteiger partial charge in [0.25, 0.3) is 5.91 Å². The number of aromatic nitrogens is 2. The molecule has 2 amide bonds. The molecule has 8 nitrogen and oxygen atoms in total. The summed E-state index contributed by atoms with van der Waals surface area (Å²) in [5, 5.41) is 0. The van der Waals surface area contributed by atoms with Gasteiger partial charge in [-0.25, -0.2) is 9.37 Å². The number of carbonyl (C=O) groups excluding carboxylic acids is 2. The number of ether oxygens (including phenoxy) is 2. The summed E-state index contributed by atoms with van der Waals surface area (Å²) in [7, 11) is 0. The fraction of sp³-hybridized carbons (Fsp3) is 0.429. The van der Waals surface area contributed by atoms with Gasteiger partial charge in [-0.2, -0.15) is 0 Å². The van der Waals surface area contributed by atoms with E-state index < -0.39 is 18.2 Å². The standard InChI is InChI=1S/C21H22BrFN4O4/c22-12-7-16(20(24)29)21(26-9-12)31-18-5-6-27(11-17(18)23)19(28)8-13-1-2-15(10-25-13)30-14-3-4-14/h1-2,7,9-10,14,17-18H,3-6,8,11H2,(H2,24,29)/t17?,18-/m0/s1. The highest BCUT2D eigenvalue weighted by Gasteiger charge is 2.34. The lowest BCUT2D eigenvalue weighted by Gasteiger charge is -2.34. The predicted molar refractivity (Wildman–Crippen MR) is 113 cm³/mol. The Bertz CT molecular complexity index is 970. The Kier molecular flexibility index (Phi) is 6.35. The maximum Gasteiger partial charge on any atom is 0.254 e.